The number of hydrogen-bond donors (Lipinski definition) is 0. The number of carbonyl (C=O) groups is 1. The minimum absolute atomic E-state index is 0.0268. The summed E-state index contributed by atoms with van der Waals surface area (Å²) in [4.78, 5) is 13.6. The molecule has 0 aromatic heterocycles. The molecule has 0 aliphatic carbocycles. The lowest BCUT2D eigenvalue weighted by Gasteiger charge is -2.35. The first-order chi connectivity index (χ1) is 14.0. The Hall–Kier alpha value is -2.59. The lowest BCUT2D eigenvalue weighted by atomic mass is 10.1. The molecule has 2 aromatic rings. The lowest BCUT2D eigenvalue weighted by molar-refractivity contribution is -0.137. The van der Waals surface area contributed by atoms with E-state index in [1.54, 1.807) is 17.9 Å². The normalized spacial score (nSPS) is 15.8. The fraction of sp³-hybridized carbons (Fsp3) is 0.350. The first kappa shape index (κ1) is 22.1. The fourth-order valence-corrected chi connectivity index (χ4v) is 4.76. The van der Waals surface area contributed by atoms with Gasteiger partial charge in [0, 0.05) is 31.9 Å². The van der Waals surface area contributed by atoms with Crippen molar-refractivity contribution in [3.05, 3.63) is 59.2 Å². The molecule has 0 amide bonds. The number of rotatable bonds is 4. The molecular formula is C20H21F3N2O4S. The van der Waals surface area contributed by atoms with Gasteiger partial charge >= 0.3 is 12.1 Å². The number of benzene rings is 2. The molecule has 0 saturated carbocycles. The summed E-state index contributed by atoms with van der Waals surface area (Å²) in [5.41, 5.74) is 0.409. The second-order valence-electron chi connectivity index (χ2n) is 6.91. The van der Waals surface area contributed by atoms with Crippen LogP contribution in [0.3, 0.4) is 0 Å². The Morgan fingerprint density at radius 3 is 2.30 bits per heavy atom. The van der Waals surface area contributed by atoms with Crippen molar-refractivity contribution in [2.45, 2.75) is 18.0 Å². The smallest absolute Gasteiger partial charge is 0.416 e. The average Bonchev–Trinajstić information content (AvgIpc) is 2.73. The van der Waals surface area contributed by atoms with Crippen molar-refractivity contribution in [2.75, 3.05) is 38.2 Å². The first-order valence-electron chi connectivity index (χ1n) is 9.15. The van der Waals surface area contributed by atoms with E-state index >= 15 is 0 Å². The summed E-state index contributed by atoms with van der Waals surface area (Å²) in [6.07, 6.45) is -4.44. The van der Waals surface area contributed by atoms with Crippen molar-refractivity contribution in [3.63, 3.8) is 0 Å². The van der Waals surface area contributed by atoms with Crippen LogP contribution in [0.25, 0.3) is 0 Å². The van der Waals surface area contributed by atoms with Gasteiger partial charge in [0.25, 0.3) is 0 Å². The molecule has 1 heterocycles. The highest BCUT2D eigenvalue weighted by Crippen LogP contribution is 2.32. The maximum atomic E-state index is 13.0. The number of carbonyl (C=O) groups excluding carboxylic acids is 1. The molecule has 3 rings (SSSR count). The number of sulfonamides is 1. The van der Waals surface area contributed by atoms with E-state index in [0.29, 0.717) is 11.3 Å². The molecule has 162 valence electrons. The Kier molecular flexibility index (Phi) is 6.09. The van der Waals surface area contributed by atoms with Gasteiger partial charge in [0.05, 0.1) is 23.1 Å². The van der Waals surface area contributed by atoms with Crippen molar-refractivity contribution in [1.29, 1.82) is 0 Å². The van der Waals surface area contributed by atoms with Crippen LogP contribution < -0.4 is 4.90 Å². The Balaban J connectivity index is 1.77. The second-order valence-corrected chi connectivity index (χ2v) is 8.85. The van der Waals surface area contributed by atoms with Gasteiger partial charge < -0.3 is 9.64 Å². The Labute approximate surface area is 172 Å². The summed E-state index contributed by atoms with van der Waals surface area (Å²) in [7, 11) is -2.64. The van der Waals surface area contributed by atoms with Crippen LogP contribution in [0.2, 0.25) is 0 Å². The van der Waals surface area contributed by atoms with E-state index in [9.17, 15) is 26.4 Å². The van der Waals surface area contributed by atoms with E-state index < -0.39 is 27.7 Å². The Morgan fingerprint density at radius 2 is 1.70 bits per heavy atom. The number of ether oxygens (including phenoxy) is 1. The summed E-state index contributed by atoms with van der Waals surface area (Å²) < 4.78 is 70.8. The predicted octanol–water partition coefficient (Wildman–Crippen LogP) is 3.31. The quantitative estimate of drug-likeness (QED) is 0.680. The summed E-state index contributed by atoms with van der Waals surface area (Å²) in [6.45, 7) is 2.39. The minimum atomic E-state index is -4.44. The molecule has 2 aromatic carbocycles. The van der Waals surface area contributed by atoms with Gasteiger partial charge in [0.1, 0.15) is 0 Å². The van der Waals surface area contributed by atoms with E-state index in [0.717, 1.165) is 12.1 Å². The van der Waals surface area contributed by atoms with Crippen LogP contribution in [0.1, 0.15) is 21.5 Å². The summed E-state index contributed by atoms with van der Waals surface area (Å²) in [5.74, 6) is -0.626. The highest BCUT2D eigenvalue weighted by molar-refractivity contribution is 7.89. The first-order valence-corrected chi connectivity index (χ1v) is 10.6. The van der Waals surface area contributed by atoms with Gasteiger partial charge in [-0.25, -0.2) is 13.2 Å². The number of aryl methyl sites for hydroxylation is 1. The topological polar surface area (TPSA) is 66.9 Å². The van der Waals surface area contributed by atoms with Gasteiger partial charge in [-0.15, -0.1) is 0 Å². The third-order valence-corrected chi connectivity index (χ3v) is 6.92. The number of piperazine rings is 1. The molecule has 0 N–H and O–H groups in total. The molecular weight excluding hydrogens is 421 g/mol. The zero-order valence-electron chi connectivity index (χ0n) is 16.4. The molecule has 6 nitrogen and oxygen atoms in total. The number of hydrogen-bond acceptors (Lipinski definition) is 5. The van der Waals surface area contributed by atoms with Crippen LogP contribution in [0.4, 0.5) is 18.9 Å². The minimum Gasteiger partial charge on any atom is -0.465 e. The van der Waals surface area contributed by atoms with Gasteiger partial charge in [-0.1, -0.05) is 12.1 Å². The van der Waals surface area contributed by atoms with Crippen molar-refractivity contribution < 1.29 is 31.1 Å². The van der Waals surface area contributed by atoms with Gasteiger partial charge in [0.15, 0.2) is 0 Å². The SMILES string of the molecule is COC(=O)c1cc(S(=O)(=O)N2CCN(c3cccc(C(F)(F)F)c3)CC2)ccc1C. The van der Waals surface area contributed by atoms with E-state index in [1.165, 1.54) is 35.7 Å². The van der Waals surface area contributed by atoms with Gasteiger partial charge in [-0.2, -0.15) is 17.5 Å². The highest BCUT2D eigenvalue weighted by Gasteiger charge is 2.32. The van der Waals surface area contributed by atoms with Crippen LogP contribution in [0, 0.1) is 6.92 Å². The summed E-state index contributed by atoms with van der Waals surface area (Å²) in [6, 6.07) is 9.22. The summed E-state index contributed by atoms with van der Waals surface area (Å²) in [5, 5.41) is 0. The zero-order valence-corrected chi connectivity index (χ0v) is 17.3. The molecule has 0 unspecified atom stereocenters. The van der Waals surface area contributed by atoms with Crippen LogP contribution in [-0.2, 0) is 20.9 Å². The number of methoxy groups -OCH3 is 1. The standard InChI is InChI=1S/C20H21F3N2O4S/c1-14-6-7-17(13-18(14)19(26)29-2)30(27,28)25-10-8-24(9-11-25)16-5-3-4-15(12-16)20(21,22)23/h3-7,12-13H,8-11H2,1-2H3. The number of esters is 1. The van der Waals surface area contributed by atoms with Gasteiger partial charge in [-0.3, -0.25) is 0 Å². The van der Waals surface area contributed by atoms with Crippen molar-refractivity contribution in [2.24, 2.45) is 0 Å². The van der Waals surface area contributed by atoms with Gasteiger partial charge in [0.2, 0.25) is 10.0 Å². The molecule has 30 heavy (non-hydrogen) atoms. The van der Waals surface area contributed by atoms with Crippen molar-refractivity contribution in [1.82, 2.24) is 4.31 Å². The average molecular weight is 442 g/mol. The van der Waals surface area contributed by atoms with E-state index in [2.05, 4.69) is 0 Å². The van der Waals surface area contributed by atoms with E-state index in [1.807, 2.05) is 0 Å². The third kappa shape index (κ3) is 4.44. The number of anilines is 1. The van der Waals surface area contributed by atoms with Crippen molar-refractivity contribution >= 4 is 21.7 Å². The summed E-state index contributed by atoms with van der Waals surface area (Å²) >= 11 is 0. The molecule has 0 radical (unpaired) electrons. The Bertz CT molecular complexity index is 1050. The van der Waals surface area contributed by atoms with E-state index in [4.69, 9.17) is 4.74 Å². The number of alkyl halides is 3. The molecule has 0 spiro atoms. The predicted molar refractivity (Wildman–Crippen MR) is 105 cm³/mol. The van der Waals surface area contributed by atoms with E-state index in [-0.39, 0.29) is 36.6 Å². The van der Waals surface area contributed by atoms with Crippen LogP contribution in [-0.4, -0.2) is 52.0 Å². The molecule has 1 aliphatic heterocycles. The van der Waals surface area contributed by atoms with Crippen LogP contribution in [0.5, 0.6) is 0 Å². The lowest BCUT2D eigenvalue weighted by Crippen LogP contribution is -2.48. The molecule has 1 saturated heterocycles. The van der Waals surface area contributed by atoms with Crippen molar-refractivity contribution in [3.8, 4) is 0 Å². The largest absolute Gasteiger partial charge is 0.465 e. The monoisotopic (exact) mass is 442 g/mol. The number of halogens is 3. The molecule has 0 atom stereocenters. The second kappa shape index (κ2) is 8.27. The van der Waals surface area contributed by atoms with Crippen LogP contribution >= 0.6 is 0 Å². The fourth-order valence-electron chi connectivity index (χ4n) is 3.31. The Morgan fingerprint density at radius 1 is 1.03 bits per heavy atom. The number of nitrogens with zero attached hydrogens (tertiary/aromatic N) is 2. The molecule has 10 heteroatoms. The molecule has 1 aliphatic rings. The maximum Gasteiger partial charge on any atom is 0.416 e. The maximum absolute atomic E-state index is 13.0. The zero-order chi connectivity index (χ0) is 22.1. The third-order valence-electron chi connectivity index (χ3n) is 5.03. The highest BCUT2D eigenvalue weighted by atomic mass is 32.2. The molecule has 0 bridgehead atoms. The van der Waals surface area contributed by atoms with Crippen LogP contribution in [0.15, 0.2) is 47.4 Å². The van der Waals surface area contributed by atoms with Gasteiger partial charge in [-0.05, 0) is 42.8 Å². The molecule has 1 fully saturated rings.